The van der Waals surface area contributed by atoms with Gasteiger partial charge in [0.05, 0.1) is 10.8 Å². The van der Waals surface area contributed by atoms with E-state index >= 15 is 0 Å². The summed E-state index contributed by atoms with van der Waals surface area (Å²) in [6.07, 6.45) is 2.07. The van der Waals surface area contributed by atoms with Crippen molar-refractivity contribution in [2.24, 2.45) is 0 Å². The molecule has 0 N–H and O–H groups in total. The van der Waals surface area contributed by atoms with Crippen LogP contribution in [0.25, 0.3) is 11.4 Å². The van der Waals surface area contributed by atoms with E-state index in [1.807, 2.05) is 16.4 Å². The maximum Gasteiger partial charge on any atom is 0.235 e. The molecule has 1 aliphatic heterocycles. The standard InChI is InChI=1S/C20H26FN5OS/c1-3-24-10-12-25(13-11-24)19(27)14(2)28-20-23-22-18(26(20)15-8-9-15)16-6-4-5-7-17(16)21/h4-7,14-15H,3,8-13H2,1-2H3/t14-/m1/s1. The Balaban J connectivity index is 1.51. The van der Waals surface area contributed by atoms with Crippen LogP contribution in [0.5, 0.6) is 0 Å². The quantitative estimate of drug-likeness (QED) is 0.694. The Hall–Kier alpha value is -1.93. The fourth-order valence-corrected chi connectivity index (χ4v) is 4.60. The van der Waals surface area contributed by atoms with Crippen LogP contribution >= 0.6 is 11.8 Å². The van der Waals surface area contributed by atoms with Crippen LogP contribution in [0.4, 0.5) is 4.39 Å². The second-order valence-corrected chi connectivity index (χ2v) is 8.71. The lowest BCUT2D eigenvalue weighted by Crippen LogP contribution is -2.50. The Morgan fingerprint density at radius 2 is 1.93 bits per heavy atom. The van der Waals surface area contributed by atoms with Gasteiger partial charge in [-0.15, -0.1) is 10.2 Å². The number of aromatic nitrogens is 3. The maximum absolute atomic E-state index is 14.3. The molecule has 6 nitrogen and oxygen atoms in total. The predicted molar refractivity (Wildman–Crippen MR) is 108 cm³/mol. The molecule has 0 unspecified atom stereocenters. The summed E-state index contributed by atoms with van der Waals surface area (Å²) in [5.74, 6) is 0.393. The number of likely N-dealkylation sites (N-methyl/N-ethyl adjacent to an activating group) is 1. The van der Waals surface area contributed by atoms with Gasteiger partial charge in [0.15, 0.2) is 11.0 Å². The van der Waals surface area contributed by atoms with E-state index in [0.29, 0.717) is 22.6 Å². The van der Waals surface area contributed by atoms with Gasteiger partial charge in [0.25, 0.3) is 0 Å². The van der Waals surface area contributed by atoms with Gasteiger partial charge < -0.3 is 9.80 Å². The first kappa shape index (κ1) is 19.4. The molecule has 0 spiro atoms. The molecule has 8 heteroatoms. The van der Waals surface area contributed by atoms with Gasteiger partial charge in [0, 0.05) is 32.2 Å². The molecule has 2 aromatic rings. The molecule has 1 aromatic heterocycles. The van der Waals surface area contributed by atoms with Crippen molar-refractivity contribution in [3.63, 3.8) is 0 Å². The SMILES string of the molecule is CCN1CCN(C(=O)[C@@H](C)Sc2nnc(-c3ccccc3F)n2C2CC2)CC1. The fraction of sp³-hybridized carbons (Fsp3) is 0.550. The van der Waals surface area contributed by atoms with Crippen molar-refractivity contribution in [3.05, 3.63) is 30.1 Å². The van der Waals surface area contributed by atoms with E-state index in [-0.39, 0.29) is 17.0 Å². The van der Waals surface area contributed by atoms with Gasteiger partial charge in [-0.1, -0.05) is 30.8 Å². The van der Waals surface area contributed by atoms with Gasteiger partial charge in [-0.3, -0.25) is 9.36 Å². The molecular formula is C20H26FN5OS. The molecule has 1 amide bonds. The molecule has 1 atom stereocenters. The Kier molecular flexibility index (Phi) is 5.68. The van der Waals surface area contributed by atoms with Crippen molar-refractivity contribution in [3.8, 4) is 11.4 Å². The molecule has 1 saturated heterocycles. The number of thioether (sulfide) groups is 1. The predicted octanol–water partition coefficient (Wildman–Crippen LogP) is 3.06. The normalized spacial score (nSPS) is 19.0. The Morgan fingerprint density at radius 1 is 1.21 bits per heavy atom. The highest BCUT2D eigenvalue weighted by Crippen LogP contribution is 2.42. The van der Waals surface area contributed by atoms with Gasteiger partial charge in [-0.25, -0.2) is 4.39 Å². The first-order chi connectivity index (χ1) is 13.6. The number of hydrogen-bond donors (Lipinski definition) is 0. The molecule has 0 bridgehead atoms. The van der Waals surface area contributed by atoms with E-state index in [4.69, 9.17) is 0 Å². The smallest absolute Gasteiger partial charge is 0.235 e. The van der Waals surface area contributed by atoms with Crippen molar-refractivity contribution in [2.75, 3.05) is 32.7 Å². The van der Waals surface area contributed by atoms with Crippen LogP contribution in [0.3, 0.4) is 0 Å². The third-order valence-corrected chi connectivity index (χ3v) is 6.50. The summed E-state index contributed by atoms with van der Waals surface area (Å²) < 4.78 is 16.3. The monoisotopic (exact) mass is 403 g/mol. The first-order valence-electron chi connectivity index (χ1n) is 9.96. The lowest BCUT2D eigenvalue weighted by molar-refractivity contribution is -0.132. The maximum atomic E-state index is 14.3. The number of carbonyl (C=O) groups excluding carboxylic acids is 1. The largest absolute Gasteiger partial charge is 0.339 e. The molecule has 28 heavy (non-hydrogen) atoms. The molecule has 150 valence electrons. The number of hydrogen-bond acceptors (Lipinski definition) is 5. The van der Waals surface area contributed by atoms with Gasteiger partial charge >= 0.3 is 0 Å². The van der Waals surface area contributed by atoms with Crippen LogP contribution in [-0.2, 0) is 4.79 Å². The van der Waals surface area contributed by atoms with Crippen molar-refractivity contribution < 1.29 is 9.18 Å². The summed E-state index contributed by atoms with van der Waals surface area (Å²) in [5.41, 5.74) is 0.461. The first-order valence-corrected chi connectivity index (χ1v) is 10.8. The molecule has 0 radical (unpaired) electrons. The van der Waals surface area contributed by atoms with Crippen molar-refractivity contribution in [2.45, 2.75) is 43.1 Å². The average molecular weight is 404 g/mol. The zero-order chi connectivity index (χ0) is 19.7. The minimum Gasteiger partial charge on any atom is -0.339 e. The molecule has 1 aromatic carbocycles. The minimum absolute atomic E-state index is 0.138. The highest BCUT2D eigenvalue weighted by molar-refractivity contribution is 8.00. The summed E-state index contributed by atoms with van der Waals surface area (Å²) in [7, 11) is 0. The summed E-state index contributed by atoms with van der Waals surface area (Å²) in [6, 6.07) is 6.94. The summed E-state index contributed by atoms with van der Waals surface area (Å²) in [6.45, 7) is 8.49. The van der Waals surface area contributed by atoms with Crippen LogP contribution in [0.1, 0.15) is 32.7 Å². The van der Waals surface area contributed by atoms with Crippen LogP contribution in [-0.4, -0.2) is 68.4 Å². The summed E-state index contributed by atoms with van der Waals surface area (Å²) in [5, 5.41) is 9.05. The topological polar surface area (TPSA) is 54.3 Å². The number of carbonyl (C=O) groups is 1. The average Bonchev–Trinajstić information content (AvgIpc) is 3.48. The van der Waals surface area contributed by atoms with Crippen molar-refractivity contribution in [1.82, 2.24) is 24.6 Å². The van der Waals surface area contributed by atoms with E-state index in [0.717, 1.165) is 45.6 Å². The number of rotatable bonds is 6. The van der Waals surface area contributed by atoms with E-state index < -0.39 is 0 Å². The van der Waals surface area contributed by atoms with Gasteiger partial charge in [-0.05, 0) is 38.4 Å². The van der Waals surface area contributed by atoms with Crippen molar-refractivity contribution in [1.29, 1.82) is 0 Å². The number of halogens is 1. The van der Waals surface area contributed by atoms with E-state index in [2.05, 4.69) is 22.0 Å². The van der Waals surface area contributed by atoms with E-state index in [1.54, 1.807) is 18.2 Å². The number of nitrogens with zero attached hydrogens (tertiary/aromatic N) is 5. The fourth-order valence-electron chi connectivity index (χ4n) is 3.60. The molecule has 2 aliphatic rings. The summed E-state index contributed by atoms with van der Waals surface area (Å²) >= 11 is 1.43. The van der Waals surface area contributed by atoms with Crippen LogP contribution in [0.2, 0.25) is 0 Å². The van der Waals surface area contributed by atoms with Crippen LogP contribution in [0, 0.1) is 5.82 Å². The molecule has 2 heterocycles. The third kappa shape index (κ3) is 3.93. The molecule has 2 fully saturated rings. The van der Waals surface area contributed by atoms with Gasteiger partial charge in [0.1, 0.15) is 5.82 Å². The molecular weight excluding hydrogens is 377 g/mol. The van der Waals surface area contributed by atoms with Crippen LogP contribution in [0.15, 0.2) is 29.4 Å². The Morgan fingerprint density at radius 3 is 2.57 bits per heavy atom. The highest BCUT2D eigenvalue weighted by atomic mass is 32.2. The van der Waals surface area contributed by atoms with Gasteiger partial charge in [-0.2, -0.15) is 0 Å². The molecule has 4 rings (SSSR count). The third-order valence-electron chi connectivity index (χ3n) is 5.45. The van der Waals surface area contributed by atoms with Crippen molar-refractivity contribution >= 4 is 17.7 Å². The van der Waals surface area contributed by atoms with E-state index in [1.165, 1.54) is 17.8 Å². The molecule has 1 aliphatic carbocycles. The minimum atomic E-state index is -0.300. The Labute approximate surface area is 169 Å². The van der Waals surface area contributed by atoms with E-state index in [9.17, 15) is 9.18 Å². The zero-order valence-corrected chi connectivity index (χ0v) is 17.2. The lowest BCUT2D eigenvalue weighted by atomic mass is 10.2. The summed E-state index contributed by atoms with van der Waals surface area (Å²) in [4.78, 5) is 17.2. The second kappa shape index (κ2) is 8.21. The number of amides is 1. The molecule has 1 saturated carbocycles. The number of piperazine rings is 1. The van der Waals surface area contributed by atoms with Gasteiger partial charge in [0.2, 0.25) is 5.91 Å². The lowest BCUT2D eigenvalue weighted by Gasteiger charge is -2.35. The Bertz CT molecular complexity index is 845. The van der Waals surface area contributed by atoms with Crippen LogP contribution < -0.4 is 0 Å². The second-order valence-electron chi connectivity index (χ2n) is 7.41. The zero-order valence-electron chi connectivity index (χ0n) is 16.3. The number of benzene rings is 1. The highest BCUT2D eigenvalue weighted by Gasteiger charge is 2.33.